The third kappa shape index (κ3) is 3.39. The number of aryl methyl sites for hydroxylation is 1. The third-order valence-corrected chi connectivity index (χ3v) is 4.33. The number of hydrogen-bond donors (Lipinski definition) is 1. The first-order valence-corrected chi connectivity index (χ1v) is 7.83. The highest BCUT2D eigenvalue weighted by atomic mass is 16.3. The van der Waals surface area contributed by atoms with Gasteiger partial charge in [0.2, 0.25) is 0 Å². The van der Waals surface area contributed by atoms with Gasteiger partial charge in [0.15, 0.2) is 5.76 Å². The first kappa shape index (κ1) is 14.9. The number of amides is 1. The molecule has 1 N–H and O–H groups in total. The average Bonchev–Trinajstić information content (AvgIpc) is 3.17. The Morgan fingerprint density at radius 2 is 2.14 bits per heavy atom. The molecule has 1 aromatic carbocycles. The normalized spacial score (nSPS) is 18.5. The Bertz CT molecular complexity index is 621. The predicted octanol–water partition coefficient (Wildman–Crippen LogP) is 2.81. The topological polar surface area (TPSA) is 45.5 Å². The molecule has 2 aromatic rings. The molecular weight excluding hydrogens is 276 g/mol. The summed E-state index contributed by atoms with van der Waals surface area (Å²) in [6, 6.07) is 12.5. The summed E-state index contributed by atoms with van der Waals surface area (Å²) in [5.74, 6) is 0.911. The lowest BCUT2D eigenvalue weighted by molar-refractivity contribution is 0.0921. The number of likely N-dealkylation sites (tertiary alicyclic amines) is 1. The third-order valence-electron chi connectivity index (χ3n) is 4.33. The monoisotopic (exact) mass is 298 g/mol. The second-order valence-electron chi connectivity index (χ2n) is 5.89. The predicted molar refractivity (Wildman–Crippen MR) is 86.0 cm³/mol. The number of hydrogen-bond acceptors (Lipinski definition) is 3. The molecule has 1 fully saturated rings. The van der Waals surface area contributed by atoms with Crippen LogP contribution in [0.2, 0.25) is 0 Å². The minimum absolute atomic E-state index is 0.124. The van der Waals surface area contributed by atoms with Crippen LogP contribution in [0, 0.1) is 6.92 Å². The Hall–Kier alpha value is -2.07. The van der Waals surface area contributed by atoms with Gasteiger partial charge < -0.3 is 14.6 Å². The summed E-state index contributed by atoms with van der Waals surface area (Å²) in [6.45, 7) is 5.58. The molecule has 1 amide bonds. The lowest BCUT2D eigenvalue weighted by atomic mass is 9.99. The van der Waals surface area contributed by atoms with Crippen LogP contribution in [-0.4, -0.2) is 37.0 Å². The lowest BCUT2D eigenvalue weighted by Crippen LogP contribution is -2.33. The molecule has 4 nitrogen and oxygen atoms in total. The Kier molecular flexibility index (Phi) is 4.59. The van der Waals surface area contributed by atoms with Crippen LogP contribution in [0.1, 0.15) is 34.0 Å². The standard InChI is InChI=1S/C18H22N2O2/c1-14-8-12-22-17(14)18(21)19-9-11-20-10-7-16(13-20)15-5-3-2-4-6-15/h2-6,8,12,16H,7,9-11,13H2,1H3,(H,19,21)/t16-/m0/s1. The number of benzene rings is 1. The largest absolute Gasteiger partial charge is 0.459 e. The minimum atomic E-state index is -0.124. The van der Waals surface area contributed by atoms with Crippen molar-refractivity contribution in [2.24, 2.45) is 0 Å². The van der Waals surface area contributed by atoms with Crippen molar-refractivity contribution in [2.75, 3.05) is 26.2 Å². The van der Waals surface area contributed by atoms with Crippen LogP contribution in [0.15, 0.2) is 47.1 Å². The Morgan fingerprint density at radius 3 is 2.86 bits per heavy atom. The Balaban J connectivity index is 1.44. The van der Waals surface area contributed by atoms with Crippen LogP contribution in [0.25, 0.3) is 0 Å². The second kappa shape index (κ2) is 6.79. The van der Waals surface area contributed by atoms with Gasteiger partial charge in [0.1, 0.15) is 0 Å². The summed E-state index contributed by atoms with van der Waals surface area (Å²) in [7, 11) is 0. The molecule has 4 heteroatoms. The number of nitrogens with zero attached hydrogens (tertiary/aromatic N) is 1. The van der Waals surface area contributed by atoms with E-state index in [2.05, 4.69) is 40.5 Å². The zero-order valence-electron chi connectivity index (χ0n) is 12.9. The van der Waals surface area contributed by atoms with Crippen LogP contribution in [0.3, 0.4) is 0 Å². The van der Waals surface area contributed by atoms with E-state index >= 15 is 0 Å². The van der Waals surface area contributed by atoms with E-state index in [9.17, 15) is 4.79 Å². The summed E-state index contributed by atoms with van der Waals surface area (Å²) in [4.78, 5) is 14.4. The van der Waals surface area contributed by atoms with Crippen molar-refractivity contribution in [1.82, 2.24) is 10.2 Å². The highest BCUT2D eigenvalue weighted by Crippen LogP contribution is 2.26. The van der Waals surface area contributed by atoms with Crippen molar-refractivity contribution in [1.29, 1.82) is 0 Å². The van der Waals surface area contributed by atoms with Crippen LogP contribution in [0.5, 0.6) is 0 Å². The molecule has 0 radical (unpaired) electrons. The number of nitrogens with one attached hydrogen (secondary N) is 1. The van der Waals surface area contributed by atoms with Crippen molar-refractivity contribution >= 4 is 5.91 Å². The number of rotatable bonds is 5. The maximum atomic E-state index is 12.0. The van der Waals surface area contributed by atoms with Gasteiger partial charge in [0.25, 0.3) is 5.91 Å². The van der Waals surface area contributed by atoms with Crippen molar-refractivity contribution in [3.63, 3.8) is 0 Å². The molecule has 1 aromatic heterocycles. The Morgan fingerprint density at radius 1 is 1.32 bits per heavy atom. The SMILES string of the molecule is Cc1ccoc1C(=O)NCCN1CC[C@H](c2ccccc2)C1. The van der Waals surface area contributed by atoms with E-state index in [1.165, 1.54) is 12.0 Å². The summed E-state index contributed by atoms with van der Waals surface area (Å²) >= 11 is 0. The maximum absolute atomic E-state index is 12.0. The van der Waals surface area contributed by atoms with Gasteiger partial charge in [-0.3, -0.25) is 4.79 Å². The van der Waals surface area contributed by atoms with Gasteiger partial charge in [0.05, 0.1) is 6.26 Å². The fraction of sp³-hybridized carbons (Fsp3) is 0.389. The average molecular weight is 298 g/mol. The fourth-order valence-corrected chi connectivity index (χ4v) is 3.05. The molecule has 1 aliphatic heterocycles. The van der Waals surface area contributed by atoms with E-state index in [-0.39, 0.29) is 5.91 Å². The van der Waals surface area contributed by atoms with Crippen LogP contribution >= 0.6 is 0 Å². The van der Waals surface area contributed by atoms with Crippen molar-refractivity contribution < 1.29 is 9.21 Å². The lowest BCUT2D eigenvalue weighted by Gasteiger charge is -2.16. The molecule has 0 spiro atoms. The van der Waals surface area contributed by atoms with Crippen molar-refractivity contribution in [3.05, 3.63) is 59.5 Å². The molecule has 2 heterocycles. The summed E-state index contributed by atoms with van der Waals surface area (Å²) in [5.41, 5.74) is 2.29. The minimum Gasteiger partial charge on any atom is -0.459 e. The zero-order chi connectivity index (χ0) is 15.4. The Labute approximate surface area is 131 Å². The summed E-state index contributed by atoms with van der Waals surface area (Å²) in [5, 5.41) is 2.93. The smallest absolute Gasteiger partial charge is 0.287 e. The summed E-state index contributed by atoms with van der Waals surface area (Å²) < 4.78 is 5.20. The van der Waals surface area contributed by atoms with Crippen molar-refractivity contribution in [2.45, 2.75) is 19.3 Å². The van der Waals surface area contributed by atoms with Gasteiger partial charge >= 0.3 is 0 Å². The summed E-state index contributed by atoms with van der Waals surface area (Å²) in [6.07, 6.45) is 2.74. The quantitative estimate of drug-likeness (QED) is 0.923. The number of carbonyl (C=O) groups is 1. The molecule has 0 unspecified atom stereocenters. The van der Waals surface area contributed by atoms with E-state index in [1.807, 2.05) is 6.92 Å². The molecule has 0 saturated carbocycles. The second-order valence-corrected chi connectivity index (χ2v) is 5.89. The van der Waals surface area contributed by atoms with E-state index in [0.717, 1.165) is 25.2 Å². The van der Waals surface area contributed by atoms with Crippen molar-refractivity contribution in [3.8, 4) is 0 Å². The van der Waals surface area contributed by atoms with Gasteiger partial charge in [-0.15, -0.1) is 0 Å². The first-order valence-electron chi connectivity index (χ1n) is 7.83. The van der Waals surface area contributed by atoms with Gasteiger partial charge in [-0.25, -0.2) is 0 Å². The van der Waals surface area contributed by atoms with Crippen LogP contribution in [0.4, 0.5) is 0 Å². The highest BCUT2D eigenvalue weighted by Gasteiger charge is 2.23. The number of furan rings is 1. The zero-order valence-corrected chi connectivity index (χ0v) is 12.9. The maximum Gasteiger partial charge on any atom is 0.287 e. The molecule has 0 aliphatic carbocycles. The first-order chi connectivity index (χ1) is 10.7. The highest BCUT2D eigenvalue weighted by molar-refractivity contribution is 5.92. The van der Waals surface area contributed by atoms with E-state index in [4.69, 9.17) is 4.42 Å². The molecule has 22 heavy (non-hydrogen) atoms. The van der Waals surface area contributed by atoms with Gasteiger partial charge in [-0.2, -0.15) is 0 Å². The molecule has 3 rings (SSSR count). The van der Waals surface area contributed by atoms with E-state index in [1.54, 1.807) is 12.3 Å². The van der Waals surface area contributed by atoms with E-state index in [0.29, 0.717) is 18.2 Å². The van der Waals surface area contributed by atoms with Gasteiger partial charge in [0, 0.05) is 25.2 Å². The molecule has 116 valence electrons. The molecule has 0 bridgehead atoms. The van der Waals surface area contributed by atoms with E-state index < -0.39 is 0 Å². The van der Waals surface area contributed by atoms with Crippen LogP contribution < -0.4 is 5.32 Å². The molecule has 1 saturated heterocycles. The van der Waals surface area contributed by atoms with Gasteiger partial charge in [-0.1, -0.05) is 30.3 Å². The van der Waals surface area contributed by atoms with Crippen LogP contribution in [-0.2, 0) is 0 Å². The number of carbonyl (C=O) groups excluding carboxylic acids is 1. The fourth-order valence-electron chi connectivity index (χ4n) is 3.05. The molecular formula is C18H22N2O2. The van der Waals surface area contributed by atoms with Gasteiger partial charge in [-0.05, 0) is 37.4 Å². The molecule has 1 atom stereocenters. The molecule has 1 aliphatic rings.